The fourth-order valence-electron chi connectivity index (χ4n) is 1.07. The Morgan fingerprint density at radius 1 is 1.18 bits per heavy atom. The van der Waals surface area contributed by atoms with Gasteiger partial charge in [-0.15, -0.1) is 0 Å². The van der Waals surface area contributed by atoms with Gasteiger partial charge in [0.2, 0.25) is 12.8 Å². The van der Waals surface area contributed by atoms with Gasteiger partial charge < -0.3 is 0 Å². The predicted molar refractivity (Wildman–Crippen MR) is 64.2 cm³/mol. The number of imide groups is 2. The first-order chi connectivity index (χ1) is 8.01. The average molecular weight is 275 g/mol. The Morgan fingerprint density at radius 3 is 2.29 bits per heavy atom. The van der Waals surface area contributed by atoms with Crippen molar-refractivity contribution in [3.8, 4) is 0 Å². The molecule has 0 unspecified atom stereocenters. The zero-order valence-corrected chi connectivity index (χ0v) is 10.3. The van der Waals surface area contributed by atoms with Gasteiger partial charge in [0.1, 0.15) is 0 Å². The molecule has 0 spiro atoms. The zero-order chi connectivity index (χ0) is 13.0. The summed E-state index contributed by atoms with van der Waals surface area (Å²) in [5.41, 5.74) is 0.230. The van der Waals surface area contributed by atoms with Crippen LogP contribution in [0.3, 0.4) is 0 Å². The number of halogens is 2. The molecule has 0 aliphatic heterocycles. The fourth-order valence-corrected chi connectivity index (χ4v) is 1.36. The molecule has 0 fully saturated rings. The lowest BCUT2D eigenvalue weighted by Crippen LogP contribution is -2.39. The molecule has 0 aliphatic rings. The minimum atomic E-state index is -0.784. The van der Waals surface area contributed by atoms with Crippen LogP contribution in [0, 0.1) is 0 Å². The predicted octanol–water partition coefficient (Wildman–Crippen LogP) is 2.16. The normalized spacial score (nSPS) is 9.59. The van der Waals surface area contributed by atoms with Crippen molar-refractivity contribution in [1.29, 1.82) is 0 Å². The Labute approximate surface area is 108 Å². The van der Waals surface area contributed by atoms with Crippen LogP contribution in [0.1, 0.15) is 0 Å². The van der Waals surface area contributed by atoms with E-state index in [9.17, 15) is 14.4 Å². The van der Waals surface area contributed by atoms with E-state index in [1.54, 1.807) is 0 Å². The van der Waals surface area contributed by atoms with Crippen molar-refractivity contribution in [3.63, 3.8) is 0 Å². The Morgan fingerprint density at radius 2 is 1.82 bits per heavy atom. The molecule has 1 aromatic carbocycles. The summed E-state index contributed by atoms with van der Waals surface area (Å²) in [5, 5.41) is 0.509. The van der Waals surface area contributed by atoms with Crippen molar-refractivity contribution >= 4 is 47.7 Å². The number of carbonyl (C=O) groups excluding carboxylic acids is 3. The van der Waals surface area contributed by atoms with Crippen LogP contribution in [0.5, 0.6) is 0 Å². The van der Waals surface area contributed by atoms with E-state index in [2.05, 4.69) is 0 Å². The molecule has 17 heavy (non-hydrogen) atoms. The van der Waals surface area contributed by atoms with E-state index in [0.717, 1.165) is 9.80 Å². The molecular weight excluding hydrogens is 267 g/mol. The molecule has 0 heterocycles. The number of urea groups is 1. The molecule has 7 heteroatoms. The molecule has 4 amide bonds. The van der Waals surface area contributed by atoms with E-state index in [4.69, 9.17) is 23.2 Å². The third kappa shape index (κ3) is 2.95. The summed E-state index contributed by atoms with van der Waals surface area (Å²) in [5.74, 6) is 0. The number of benzene rings is 1. The van der Waals surface area contributed by atoms with Gasteiger partial charge in [0.25, 0.3) is 0 Å². The van der Waals surface area contributed by atoms with Gasteiger partial charge in [-0.25, -0.2) is 9.69 Å². The number of rotatable bonds is 3. The van der Waals surface area contributed by atoms with E-state index in [-0.39, 0.29) is 10.7 Å². The quantitative estimate of drug-likeness (QED) is 0.794. The molecule has 1 rings (SSSR count). The first kappa shape index (κ1) is 13.5. The van der Waals surface area contributed by atoms with Crippen LogP contribution in [0.25, 0.3) is 0 Å². The SMILES string of the molecule is CN(C=O)C(=O)N(C=O)c1ccc(Cl)c(Cl)c1. The van der Waals surface area contributed by atoms with Gasteiger partial charge in [-0.05, 0) is 18.2 Å². The van der Waals surface area contributed by atoms with Gasteiger partial charge in [0.05, 0.1) is 15.7 Å². The van der Waals surface area contributed by atoms with Crippen molar-refractivity contribution in [3.05, 3.63) is 28.2 Å². The molecule has 5 nitrogen and oxygen atoms in total. The van der Waals surface area contributed by atoms with Crippen LogP contribution >= 0.6 is 23.2 Å². The van der Waals surface area contributed by atoms with Gasteiger partial charge in [0, 0.05) is 7.05 Å². The van der Waals surface area contributed by atoms with Crippen molar-refractivity contribution in [2.45, 2.75) is 0 Å². The summed E-state index contributed by atoms with van der Waals surface area (Å²) in [6.45, 7) is 0. The van der Waals surface area contributed by atoms with E-state index in [0.29, 0.717) is 17.8 Å². The standard InChI is InChI=1S/C10H8Cl2N2O3/c1-13(5-15)10(17)14(6-16)7-2-3-8(11)9(12)4-7/h2-6H,1H3. The second-order valence-corrected chi connectivity index (χ2v) is 3.89. The monoisotopic (exact) mass is 274 g/mol. The maximum absolute atomic E-state index is 11.6. The van der Waals surface area contributed by atoms with Crippen molar-refractivity contribution in [2.24, 2.45) is 0 Å². The van der Waals surface area contributed by atoms with Gasteiger partial charge in [0.15, 0.2) is 0 Å². The molecule has 0 radical (unpaired) electrons. The molecule has 0 saturated heterocycles. The highest BCUT2D eigenvalue weighted by molar-refractivity contribution is 6.42. The number of amides is 4. The second kappa shape index (κ2) is 5.65. The molecule has 0 N–H and O–H groups in total. The van der Waals surface area contributed by atoms with Crippen LogP contribution in [-0.2, 0) is 9.59 Å². The van der Waals surface area contributed by atoms with E-state index < -0.39 is 6.03 Å². The number of anilines is 1. The van der Waals surface area contributed by atoms with Crippen LogP contribution in [0.2, 0.25) is 10.0 Å². The van der Waals surface area contributed by atoms with Crippen LogP contribution in [0.15, 0.2) is 18.2 Å². The Kier molecular flexibility index (Phi) is 4.48. The lowest BCUT2D eigenvalue weighted by Gasteiger charge is -2.19. The third-order valence-electron chi connectivity index (χ3n) is 1.95. The first-order valence-corrected chi connectivity index (χ1v) is 5.18. The lowest BCUT2D eigenvalue weighted by atomic mass is 10.3. The number of hydrogen-bond acceptors (Lipinski definition) is 3. The van der Waals surface area contributed by atoms with Gasteiger partial charge >= 0.3 is 6.03 Å². The van der Waals surface area contributed by atoms with E-state index in [1.165, 1.54) is 25.2 Å². The molecule has 0 saturated carbocycles. The number of nitrogens with zero attached hydrogens (tertiary/aromatic N) is 2. The first-order valence-electron chi connectivity index (χ1n) is 4.43. The van der Waals surface area contributed by atoms with Gasteiger partial charge in [-0.2, -0.15) is 0 Å². The summed E-state index contributed by atoms with van der Waals surface area (Å²) < 4.78 is 0. The summed E-state index contributed by atoms with van der Waals surface area (Å²) >= 11 is 11.5. The highest BCUT2D eigenvalue weighted by atomic mass is 35.5. The van der Waals surface area contributed by atoms with Crippen molar-refractivity contribution in [1.82, 2.24) is 4.90 Å². The average Bonchev–Trinajstić information content (AvgIpc) is 2.33. The summed E-state index contributed by atoms with van der Waals surface area (Å²) in [7, 11) is 1.24. The topological polar surface area (TPSA) is 57.7 Å². The number of hydrogen-bond donors (Lipinski definition) is 0. The maximum Gasteiger partial charge on any atom is 0.337 e. The Bertz CT molecular complexity index is 465. The molecule has 0 atom stereocenters. The molecule has 0 aromatic heterocycles. The third-order valence-corrected chi connectivity index (χ3v) is 2.69. The Balaban J connectivity index is 3.09. The van der Waals surface area contributed by atoms with Crippen molar-refractivity contribution in [2.75, 3.05) is 11.9 Å². The zero-order valence-electron chi connectivity index (χ0n) is 8.76. The summed E-state index contributed by atoms with van der Waals surface area (Å²) in [6.07, 6.45) is 0.595. The molecular formula is C10H8Cl2N2O3. The largest absolute Gasteiger partial charge is 0.337 e. The van der Waals surface area contributed by atoms with Gasteiger partial charge in [-0.3, -0.25) is 14.5 Å². The smallest absolute Gasteiger partial charge is 0.278 e. The summed E-state index contributed by atoms with van der Waals surface area (Å²) in [4.78, 5) is 34.4. The summed E-state index contributed by atoms with van der Waals surface area (Å²) in [6, 6.07) is 3.46. The minimum Gasteiger partial charge on any atom is -0.278 e. The molecule has 0 bridgehead atoms. The lowest BCUT2D eigenvalue weighted by molar-refractivity contribution is -0.114. The maximum atomic E-state index is 11.6. The van der Waals surface area contributed by atoms with Crippen molar-refractivity contribution < 1.29 is 14.4 Å². The van der Waals surface area contributed by atoms with Gasteiger partial charge in [-0.1, -0.05) is 23.2 Å². The highest BCUT2D eigenvalue weighted by Gasteiger charge is 2.19. The highest BCUT2D eigenvalue weighted by Crippen LogP contribution is 2.27. The van der Waals surface area contributed by atoms with Crippen LogP contribution in [0.4, 0.5) is 10.5 Å². The minimum absolute atomic E-state index is 0.206. The van der Waals surface area contributed by atoms with Crippen LogP contribution < -0.4 is 4.90 Å². The second-order valence-electron chi connectivity index (χ2n) is 3.07. The Hall–Kier alpha value is -1.59. The fraction of sp³-hybridized carbons (Fsp3) is 0.100. The molecule has 1 aromatic rings. The van der Waals surface area contributed by atoms with E-state index >= 15 is 0 Å². The molecule has 0 aliphatic carbocycles. The van der Waals surface area contributed by atoms with E-state index in [1.807, 2.05) is 0 Å². The molecule has 90 valence electrons. The van der Waals surface area contributed by atoms with Crippen LogP contribution in [-0.4, -0.2) is 30.8 Å². The number of carbonyl (C=O) groups is 3.